The van der Waals surface area contributed by atoms with Crippen LogP contribution in [0.2, 0.25) is 0 Å². The SMILES string of the molecule is CC(NCC1CCN(C2CC2)C1)c1ccc2c(c1)OCO2. The van der Waals surface area contributed by atoms with Crippen LogP contribution in [-0.2, 0) is 0 Å². The molecule has 2 heterocycles. The molecule has 1 saturated heterocycles. The van der Waals surface area contributed by atoms with Crippen molar-refractivity contribution < 1.29 is 9.47 Å². The summed E-state index contributed by atoms with van der Waals surface area (Å²) in [4.78, 5) is 2.68. The number of benzene rings is 1. The van der Waals surface area contributed by atoms with Gasteiger partial charge in [0, 0.05) is 18.6 Å². The van der Waals surface area contributed by atoms with Gasteiger partial charge in [-0.05, 0) is 62.9 Å². The van der Waals surface area contributed by atoms with Crippen LogP contribution in [0.4, 0.5) is 0 Å². The molecule has 114 valence electrons. The van der Waals surface area contributed by atoms with Gasteiger partial charge >= 0.3 is 0 Å². The second kappa shape index (κ2) is 5.50. The highest BCUT2D eigenvalue weighted by Crippen LogP contribution is 2.34. The molecule has 21 heavy (non-hydrogen) atoms. The Bertz CT molecular complexity index is 516. The number of nitrogens with zero attached hydrogens (tertiary/aromatic N) is 1. The summed E-state index contributed by atoms with van der Waals surface area (Å²) in [5.74, 6) is 2.55. The smallest absolute Gasteiger partial charge is 0.231 e. The van der Waals surface area contributed by atoms with Gasteiger partial charge in [0.2, 0.25) is 6.79 Å². The first-order valence-electron chi connectivity index (χ1n) is 8.16. The zero-order valence-corrected chi connectivity index (χ0v) is 12.7. The van der Waals surface area contributed by atoms with Crippen LogP contribution in [0.25, 0.3) is 0 Å². The number of hydrogen-bond donors (Lipinski definition) is 1. The average Bonchev–Trinajstić information content (AvgIpc) is 3.07. The van der Waals surface area contributed by atoms with E-state index in [1.807, 2.05) is 6.07 Å². The first kappa shape index (κ1) is 13.4. The number of fused-ring (bicyclic) bond motifs is 1. The van der Waals surface area contributed by atoms with E-state index in [4.69, 9.17) is 9.47 Å². The van der Waals surface area contributed by atoms with E-state index in [-0.39, 0.29) is 0 Å². The lowest BCUT2D eigenvalue weighted by molar-refractivity contribution is 0.174. The van der Waals surface area contributed by atoms with Crippen LogP contribution in [0.1, 0.15) is 37.8 Å². The summed E-state index contributed by atoms with van der Waals surface area (Å²) in [7, 11) is 0. The second-order valence-electron chi connectivity index (χ2n) is 6.62. The van der Waals surface area contributed by atoms with E-state index in [1.54, 1.807) is 0 Å². The molecular formula is C17H24N2O2. The fraction of sp³-hybridized carbons (Fsp3) is 0.647. The van der Waals surface area contributed by atoms with E-state index in [0.29, 0.717) is 12.8 Å². The molecule has 3 aliphatic rings. The Morgan fingerprint density at radius 2 is 2.10 bits per heavy atom. The monoisotopic (exact) mass is 288 g/mol. The Hall–Kier alpha value is -1.26. The molecule has 2 unspecified atom stereocenters. The highest BCUT2D eigenvalue weighted by atomic mass is 16.7. The lowest BCUT2D eigenvalue weighted by atomic mass is 10.1. The van der Waals surface area contributed by atoms with E-state index >= 15 is 0 Å². The first-order chi connectivity index (χ1) is 10.3. The summed E-state index contributed by atoms with van der Waals surface area (Å²) in [5, 5.41) is 3.69. The summed E-state index contributed by atoms with van der Waals surface area (Å²) in [6.45, 7) is 6.27. The van der Waals surface area contributed by atoms with Crippen molar-refractivity contribution in [2.75, 3.05) is 26.4 Å². The molecule has 2 fully saturated rings. The van der Waals surface area contributed by atoms with Crippen LogP contribution < -0.4 is 14.8 Å². The van der Waals surface area contributed by atoms with E-state index < -0.39 is 0 Å². The van der Waals surface area contributed by atoms with Gasteiger partial charge in [-0.25, -0.2) is 0 Å². The Morgan fingerprint density at radius 1 is 1.24 bits per heavy atom. The van der Waals surface area contributed by atoms with Crippen molar-refractivity contribution in [3.8, 4) is 11.5 Å². The van der Waals surface area contributed by atoms with Crippen molar-refractivity contribution in [1.29, 1.82) is 0 Å². The van der Waals surface area contributed by atoms with E-state index in [9.17, 15) is 0 Å². The Morgan fingerprint density at radius 3 is 2.95 bits per heavy atom. The van der Waals surface area contributed by atoms with Crippen LogP contribution >= 0.6 is 0 Å². The lowest BCUT2D eigenvalue weighted by Gasteiger charge is -2.19. The van der Waals surface area contributed by atoms with Crippen molar-refractivity contribution in [3.05, 3.63) is 23.8 Å². The van der Waals surface area contributed by atoms with Crippen LogP contribution in [0.15, 0.2) is 18.2 Å². The number of ether oxygens (including phenoxy) is 2. The Labute approximate surface area is 126 Å². The Balaban J connectivity index is 1.30. The van der Waals surface area contributed by atoms with Gasteiger partial charge in [-0.3, -0.25) is 0 Å². The van der Waals surface area contributed by atoms with Gasteiger partial charge in [-0.15, -0.1) is 0 Å². The van der Waals surface area contributed by atoms with Crippen molar-refractivity contribution in [2.45, 2.75) is 38.3 Å². The molecule has 0 radical (unpaired) electrons. The molecule has 0 aromatic heterocycles. The molecule has 1 N–H and O–H groups in total. The molecule has 4 heteroatoms. The minimum absolute atomic E-state index is 0.347. The zero-order chi connectivity index (χ0) is 14.2. The maximum absolute atomic E-state index is 5.46. The summed E-state index contributed by atoms with van der Waals surface area (Å²) >= 11 is 0. The van der Waals surface area contributed by atoms with Gasteiger partial charge in [0.15, 0.2) is 11.5 Å². The summed E-state index contributed by atoms with van der Waals surface area (Å²) in [6.07, 6.45) is 4.19. The Kier molecular flexibility index (Phi) is 3.51. The first-order valence-corrected chi connectivity index (χ1v) is 8.16. The molecule has 4 rings (SSSR count). The molecule has 2 aliphatic heterocycles. The standard InChI is InChI=1S/C17H24N2O2/c1-12(14-2-5-16-17(8-14)21-11-20-16)18-9-13-6-7-19(10-13)15-3-4-15/h2,5,8,12-13,15,18H,3-4,6-7,9-11H2,1H3. The van der Waals surface area contributed by atoms with Crippen molar-refractivity contribution in [2.24, 2.45) is 5.92 Å². The number of rotatable bonds is 5. The van der Waals surface area contributed by atoms with E-state index in [1.165, 1.54) is 37.9 Å². The molecule has 1 aliphatic carbocycles. The second-order valence-corrected chi connectivity index (χ2v) is 6.62. The van der Waals surface area contributed by atoms with Gasteiger partial charge in [0.1, 0.15) is 0 Å². The fourth-order valence-electron chi connectivity index (χ4n) is 3.44. The number of likely N-dealkylation sites (tertiary alicyclic amines) is 1. The van der Waals surface area contributed by atoms with Crippen LogP contribution in [0.3, 0.4) is 0 Å². The summed E-state index contributed by atoms with van der Waals surface area (Å²) in [5.41, 5.74) is 1.27. The van der Waals surface area contributed by atoms with Crippen LogP contribution in [0.5, 0.6) is 11.5 Å². The molecule has 1 aromatic rings. The van der Waals surface area contributed by atoms with Gasteiger partial charge < -0.3 is 19.7 Å². The van der Waals surface area contributed by atoms with Crippen LogP contribution in [0, 0.1) is 5.92 Å². The van der Waals surface area contributed by atoms with E-state index in [0.717, 1.165) is 30.0 Å². The van der Waals surface area contributed by atoms with Crippen molar-refractivity contribution in [1.82, 2.24) is 10.2 Å². The predicted octanol–water partition coefficient (Wildman–Crippen LogP) is 2.55. The molecular weight excluding hydrogens is 264 g/mol. The van der Waals surface area contributed by atoms with E-state index in [2.05, 4.69) is 29.3 Å². The quantitative estimate of drug-likeness (QED) is 0.903. The van der Waals surface area contributed by atoms with Gasteiger partial charge in [-0.2, -0.15) is 0 Å². The zero-order valence-electron chi connectivity index (χ0n) is 12.7. The minimum atomic E-state index is 0.347. The fourth-order valence-corrected chi connectivity index (χ4v) is 3.44. The molecule has 0 bridgehead atoms. The number of hydrogen-bond acceptors (Lipinski definition) is 4. The van der Waals surface area contributed by atoms with Crippen LogP contribution in [-0.4, -0.2) is 37.4 Å². The largest absolute Gasteiger partial charge is 0.454 e. The molecule has 2 atom stereocenters. The van der Waals surface area contributed by atoms with Crippen molar-refractivity contribution >= 4 is 0 Å². The molecule has 0 spiro atoms. The molecule has 4 nitrogen and oxygen atoms in total. The predicted molar refractivity (Wildman–Crippen MR) is 81.7 cm³/mol. The molecule has 0 amide bonds. The van der Waals surface area contributed by atoms with Gasteiger partial charge in [0.05, 0.1) is 0 Å². The summed E-state index contributed by atoms with van der Waals surface area (Å²) < 4.78 is 10.8. The molecule has 1 aromatic carbocycles. The summed E-state index contributed by atoms with van der Waals surface area (Å²) in [6, 6.07) is 7.53. The highest BCUT2D eigenvalue weighted by Gasteiger charge is 2.34. The topological polar surface area (TPSA) is 33.7 Å². The third kappa shape index (κ3) is 2.87. The van der Waals surface area contributed by atoms with Gasteiger partial charge in [0.25, 0.3) is 0 Å². The third-order valence-electron chi connectivity index (χ3n) is 4.99. The number of nitrogens with one attached hydrogen (secondary N) is 1. The highest BCUT2D eigenvalue weighted by molar-refractivity contribution is 5.45. The van der Waals surface area contributed by atoms with Crippen molar-refractivity contribution in [3.63, 3.8) is 0 Å². The molecule has 1 saturated carbocycles. The lowest BCUT2D eigenvalue weighted by Crippen LogP contribution is -2.29. The average molecular weight is 288 g/mol. The normalized spacial score (nSPS) is 26.2. The van der Waals surface area contributed by atoms with Gasteiger partial charge in [-0.1, -0.05) is 6.07 Å². The maximum atomic E-state index is 5.46. The maximum Gasteiger partial charge on any atom is 0.231 e. The minimum Gasteiger partial charge on any atom is -0.454 e. The third-order valence-corrected chi connectivity index (χ3v) is 4.99.